The predicted octanol–water partition coefficient (Wildman–Crippen LogP) is 4.89. The summed E-state index contributed by atoms with van der Waals surface area (Å²) in [5.41, 5.74) is 6.96. The van der Waals surface area contributed by atoms with Gasteiger partial charge in [0.15, 0.2) is 0 Å². The summed E-state index contributed by atoms with van der Waals surface area (Å²) in [5.74, 6) is 0.965. The largest absolute Gasteiger partial charge is 0.496 e. The van der Waals surface area contributed by atoms with Crippen molar-refractivity contribution in [3.8, 4) is 5.75 Å². The van der Waals surface area contributed by atoms with E-state index in [4.69, 9.17) is 4.74 Å². The quantitative estimate of drug-likeness (QED) is 0.762. The highest BCUT2D eigenvalue weighted by Gasteiger charge is 2.38. The van der Waals surface area contributed by atoms with Gasteiger partial charge in [0.25, 0.3) is 0 Å². The number of aliphatic imine (C=N–C) groups is 1. The Morgan fingerprint density at radius 1 is 1.23 bits per heavy atom. The molecular weight excluding hydrogens is 392 g/mol. The number of ether oxygens (including phenoxy) is 1. The number of amides is 2. The molecule has 2 unspecified atom stereocenters. The first kappa shape index (κ1) is 17.3. The van der Waals surface area contributed by atoms with Gasteiger partial charge in [0.05, 0.1) is 23.3 Å². The van der Waals surface area contributed by atoms with Crippen LogP contribution in [0.3, 0.4) is 0 Å². The van der Waals surface area contributed by atoms with Crippen molar-refractivity contribution < 1.29 is 9.53 Å². The van der Waals surface area contributed by atoms with Crippen LogP contribution in [0.5, 0.6) is 5.75 Å². The average molecular weight is 413 g/mol. The number of aryl methyl sites for hydroxylation is 2. The van der Waals surface area contributed by atoms with Crippen LogP contribution < -0.4 is 10.1 Å². The number of halogens is 1. The minimum atomic E-state index is -0.264. The Morgan fingerprint density at radius 2 is 2.04 bits per heavy atom. The molecule has 0 aromatic heterocycles. The zero-order valence-corrected chi connectivity index (χ0v) is 16.7. The maximum Gasteiger partial charge on any atom is 0.341 e. The van der Waals surface area contributed by atoms with Gasteiger partial charge in [-0.1, -0.05) is 17.7 Å². The third kappa shape index (κ3) is 2.84. The Kier molecular flexibility index (Phi) is 4.35. The molecule has 0 spiro atoms. The number of methoxy groups -OCH3 is 1. The van der Waals surface area contributed by atoms with Gasteiger partial charge in [-0.2, -0.15) is 4.99 Å². The number of nitrogens with zero attached hydrogens (tertiary/aromatic N) is 1. The number of carbonyl (C=O) groups is 1. The first-order valence-corrected chi connectivity index (χ1v) is 9.60. The van der Waals surface area contributed by atoms with Crippen LogP contribution in [0.4, 0.5) is 4.79 Å². The standard InChI is InChI=1S/C21H21BrN2O2/c1-11-8-12(2)14-5-6-15-19(13-4-7-18(26-3)17(22)10-13)23-21(25)24-20(15)16(14)9-11/h4,7-10,15,19H,5-6H2,1-3H3,(H,23,25). The van der Waals surface area contributed by atoms with E-state index < -0.39 is 0 Å². The molecule has 2 atom stereocenters. The predicted molar refractivity (Wildman–Crippen MR) is 106 cm³/mol. The molecule has 0 saturated heterocycles. The molecule has 1 N–H and O–H groups in total. The maximum atomic E-state index is 12.4. The molecule has 2 amide bonds. The fourth-order valence-electron chi connectivity index (χ4n) is 4.23. The van der Waals surface area contributed by atoms with Crippen molar-refractivity contribution in [2.24, 2.45) is 10.9 Å². The molecule has 5 heteroatoms. The summed E-state index contributed by atoms with van der Waals surface area (Å²) < 4.78 is 6.22. The summed E-state index contributed by atoms with van der Waals surface area (Å²) in [4.78, 5) is 16.7. The van der Waals surface area contributed by atoms with Crippen LogP contribution in [0.25, 0.3) is 0 Å². The molecule has 134 valence electrons. The number of urea groups is 1. The molecule has 1 aliphatic carbocycles. The third-order valence-electron chi connectivity index (χ3n) is 5.39. The lowest BCUT2D eigenvalue weighted by molar-refractivity contribution is 0.239. The molecule has 4 rings (SSSR count). The molecule has 0 saturated carbocycles. The molecule has 0 radical (unpaired) electrons. The number of rotatable bonds is 2. The Balaban J connectivity index is 1.79. The van der Waals surface area contributed by atoms with Crippen LogP contribution in [-0.2, 0) is 6.42 Å². The third-order valence-corrected chi connectivity index (χ3v) is 6.01. The lowest BCUT2D eigenvalue weighted by atomic mass is 9.74. The number of nitrogens with one attached hydrogen (secondary N) is 1. The first-order valence-electron chi connectivity index (χ1n) is 8.81. The number of fused-ring (bicyclic) bond motifs is 3. The summed E-state index contributed by atoms with van der Waals surface area (Å²) in [6, 6.07) is 10.0. The van der Waals surface area contributed by atoms with Gasteiger partial charge in [-0.15, -0.1) is 0 Å². The fourth-order valence-corrected chi connectivity index (χ4v) is 4.79. The molecule has 2 aromatic rings. The average Bonchev–Trinajstić information content (AvgIpc) is 2.61. The number of hydrogen-bond acceptors (Lipinski definition) is 2. The van der Waals surface area contributed by atoms with Gasteiger partial charge in [-0.25, -0.2) is 4.79 Å². The van der Waals surface area contributed by atoms with Crippen molar-refractivity contribution in [1.29, 1.82) is 0 Å². The Morgan fingerprint density at radius 3 is 2.77 bits per heavy atom. The van der Waals surface area contributed by atoms with Crippen LogP contribution >= 0.6 is 15.9 Å². The van der Waals surface area contributed by atoms with Crippen LogP contribution in [0.2, 0.25) is 0 Å². The van der Waals surface area contributed by atoms with Crippen LogP contribution in [0.1, 0.15) is 40.3 Å². The minimum absolute atomic E-state index is 0.0776. The highest BCUT2D eigenvalue weighted by Crippen LogP contribution is 2.40. The molecule has 0 fully saturated rings. The van der Waals surface area contributed by atoms with Gasteiger partial charge < -0.3 is 10.1 Å². The van der Waals surface area contributed by atoms with Crippen molar-refractivity contribution in [2.75, 3.05) is 7.11 Å². The van der Waals surface area contributed by atoms with Crippen LogP contribution in [0.15, 0.2) is 39.8 Å². The number of hydrogen-bond donors (Lipinski definition) is 1. The van der Waals surface area contributed by atoms with Gasteiger partial charge in [-0.05, 0) is 77.5 Å². The van der Waals surface area contributed by atoms with Gasteiger partial charge in [0.1, 0.15) is 5.75 Å². The van der Waals surface area contributed by atoms with E-state index in [9.17, 15) is 4.79 Å². The van der Waals surface area contributed by atoms with Crippen molar-refractivity contribution >= 4 is 27.7 Å². The minimum Gasteiger partial charge on any atom is -0.496 e. The van der Waals surface area contributed by atoms with E-state index in [1.54, 1.807) is 7.11 Å². The summed E-state index contributed by atoms with van der Waals surface area (Å²) >= 11 is 3.55. The van der Waals surface area contributed by atoms with Crippen LogP contribution in [-0.4, -0.2) is 18.9 Å². The summed E-state index contributed by atoms with van der Waals surface area (Å²) in [7, 11) is 1.65. The summed E-state index contributed by atoms with van der Waals surface area (Å²) in [5, 5.41) is 3.07. The second-order valence-electron chi connectivity index (χ2n) is 7.07. The van der Waals surface area contributed by atoms with E-state index in [2.05, 4.69) is 52.2 Å². The van der Waals surface area contributed by atoms with E-state index in [1.165, 1.54) is 16.7 Å². The number of benzene rings is 2. The Hall–Kier alpha value is -2.14. The van der Waals surface area contributed by atoms with Crippen molar-refractivity contribution in [2.45, 2.75) is 32.7 Å². The molecule has 4 nitrogen and oxygen atoms in total. The second-order valence-corrected chi connectivity index (χ2v) is 7.93. The van der Waals surface area contributed by atoms with Gasteiger partial charge in [0.2, 0.25) is 0 Å². The van der Waals surface area contributed by atoms with E-state index >= 15 is 0 Å². The molecule has 1 heterocycles. The number of carbonyl (C=O) groups excluding carboxylic acids is 1. The van der Waals surface area contributed by atoms with E-state index in [0.717, 1.165) is 39.9 Å². The van der Waals surface area contributed by atoms with E-state index in [0.29, 0.717) is 0 Å². The summed E-state index contributed by atoms with van der Waals surface area (Å²) in [6.07, 6.45) is 1.99. The SMILES string of the molecule is COc1ccc(C2NC(=O)N=C3c4cc(C)cc(C)c4CCC32)cc1Br. The molecule has 0 bridgehead atoms. The smallest absolute Gasteiger partial charge is 0.341 e. The zero-order valence-electron chi connectivity index (χ0n) is 15.1. The normalized spacial score (nSPS) is 21.4. The molecule has 1 aliphatic heterocycles. The van der Waals surface area contributed by atoms with Crippen LogP contribution in [0, 0.1) is 19.8 Å². The fraction of sp³-hybridized carbons (Fsp3) is 0.333. The molecule has 2 aromatic carbocycles. The lowest BCUT2D eigenvalue weighted by Crippen LogP contribution is -2.43. The van der Waals surface area contributed by atoms with Gasteiger partial charge in [0, 0.05) is 11.5 Å². The van der Waals surface area contributed by atoms with Crippen molar-refractivity contribution in [3.63, 3.8) is 0 Å². The maximum absolute atomic E-state index is 12.4. The summed E-state index contributed by atoms with van der Waals surface area (Å²) in [6.45, 7) is 4.24. The zero-order chi connectivity index (χ0) is 18.4. The molecule has 26 heavy (non-hydrogen) atoms. The lowest BCUT2D eigenvalue weighted by Gasteiger charge is -2.37. The van der Waals surface area contributed by atoms with Gasteiger partial charge in [-0.3, -0.25) is 0 Å². The Bertz CT molecular complexity index is 936. The van der Waals surface area contributed by atoms with Crippen molar-refractivity contribution in [1.82, 2.24) is 5.32 Å². The van der Waals surface area contributed by atoms with E-state index in [1.807, 2.05) is 18.2 Å². The topological polar surface area (TPSA) is 50.7 Å². The first-order chi connectivity index (χ1) is 12.5. The van der Waals surface area contributed by atoms with Crippen molar-refractivity contribution in [3.05, 3.63) is 62.6 Å². The highest BCUT2D eigenvalue weighted by molar-refractivity contribution is 9.10. The monoisotopic (exact) mass is 412 g/mol. The molecular formula is C21H21BrN2O2. The highest BCUT2D eigenvalue weighted by atomic mass is 79.9. The second kappa shape index (κ2) is 6.54. The van der Waals surface area contributed by atoms with Gasteiger partial charge >= 0.3 is 6.03 Å². The molecule has 2 aliphatic rings. The van der Waals surface area contributed by atoms with E-state index in [-0.39, 0.29) is 18.0 Å². The Labute approximate surface area is 161 Å².